The third-order valence-corrected chi connectivity index (χ3v) is 4.45. The van der Waals surface area contributed by atoms with Crippen molar-refractivity contribution in [1.82, 2.24) is 9.80 Å². The van der Waals surface area contributed by atoms with Crippen LogP contribution in [0.25, 0.3) is 0 Å². The molecule has 1 aliphatic rings. The Bertz CT molecular complexity index is 529. The van der Waals surface area contributed by atoms with Crippen molar-refractivity contribution in [1.29, 1.82) is 0 Å². The molecule has 1 aromatic heterocycles. The lowest BCUT2D eigenvalue weighted by Crippen LogP contribution is -2.32. The smallest absolute Gasteiger partial charge is 0.264 e. The Morgan fingerprint density at radius 2 is 2.45 bits per heavy atom. The van der Waals surface area contributed by atoms with Gasteiger partial charge in [-0.1, -0.05) is 11.8 Å². The first-order valence-electron chi connectivity index (χ1n) is 6.82. The van der Waals surface area contributed by atoms with E-state index >= 15 is 0 Å². The zero-order valence-electron chi connectivity index (χ0n) is 12.1. The maximum absolute atomic E-state index is 12.5. The van der Waals surface area contributed by atoms with Crippen LogP contribution in [-0.2, 0) is 0 Å². The molecule has 4 nitrogen and oxygen atoms in total. The molecule has 2 N–H and O–H groups in total. The van der Waals surface area contributed by atoms with Crippen LogP contribution < -0.4 is 5.73 Å². The summed E-state index contributed by atoms with van der Waals surface area (Å²) in [4.78, 5) is 17.3. The van der Waals surface area contributed by atoms with E-state index in [1.54, 1.807) is 0 Å². The van der Waals surface area contributed by atoms with Crippen molar-refractivity contribution in [2.24, 2.45) is 11.7 Å². The molecule has 1 aliphatic heterocycles. The Hall–Kier alpha value is -1.35. The van der Waals surface area contributed by atoms with Crippen LogP contribution >= 0.6 is 11.3 Å². The van der Waals surface area contributed by atoms with E-state index in [-0.39, 0.29) is 5.91 Å². The molecule has 0 spiro atoms. The molecule has 1 aromatic rings. The molecule has 1 saturated heterocycles. The van der Waals surface area contributed by atoms with Gasteiger partial charge in [-0.2, -0.15) is 0 Å². The van der Waals surface area contributed by atoms with E-state index in [1.165, 1.54) is 17.8 Å². The number of hydrogen-bond donors (Lipinski definition) is 1. The summed E-state index contributed by atoms with van der Waals surface area (Å²) in [5, 5.41) is 1.91. The van der Waals surface area contributed by atoms with Crippen LogP contribution in [0.4, 0.5) is 0 Å². The fraction of sp³-hybridized carbons (Fsp3) is 0.533. The number of amides is 1. The van der Waals surface area contributed by atoms with Gasteiger partial charge in [0.25, 0.3) is 5.91 Å². The molecule has 0 saturated carbocycles. The van der Waals surface area contributed by atoms with E-state index in [1.807, 2.05) is 23.4 Å². The lowest BCUT2D eigenvalue weighted by Gasteiger charge is -2.20. The Labute approximate surface area is 124 Å². The quantitative estimate of drug-likeness (QED) is 0.848. The predicted octanol–water partition coefficient (Wildman–Crippen LogP) is 1.08. The molecule has 1 amide bonds. The Balaban J connectivity index is 2.01. The van der Waals surface area contributed by atoms with Crippen LogP contribution in [0.5, 0.6) is 0 Å². The molecule has 20 heavy (non-hydrogen) atoms. The van der Waals surface area contributed by atoms with Crippen LogP contribution in [0.1, 0.15) is 21.7 Å². The first-order valence-corrected chi connectivity index (χ1v) is 7.70. The fourth-order valence-corrected chi connectivity index (χ4v) is 3.38. The van der Waals surface area contributed by atoms with Crippen molar-refractivity contribution in [3.05, 3.63) is 21.9 Å². The second kappa shape index (κ2) is 6.89. The van der Waals surface area contributed by atoms with E-state index in [2.05, 4.69) is 23.8 Å². The Kier molecular flexibility index (Phi) is 5.18. The molecular weight excluding hydrogens is 270 g/mol. The van der Waals surface area contributed by atoms with Crippen LogP contribution in [0.3, 0.4) is 0 Å². The number of nitrogens with zero attached hydrogens (tertiary/aromatic N) is 2. The van der Waals surface area contributed by atoms with Gasteiger partial charge in [0.05, 0.1) is 6.54 Å². The highest BCUT2D eigenvalue weighted by molar-refractivity contribution is 7.12. The van der Waals surface area contributed by atoms with Crippen LogP contribution in [0.15, 0.2) is 11.4 Å². The molecule has 2 rings (SSSR count). The average Bonchev–Trinajstić information content (AvgIpc) is 3.04. The SMILES string of the molecule is CN1CCC(CN(C)C(=O)c2sccc2C#CCN)C1. The van der Waals surface area contributed by atoms with Gasteiger partial charge in [-0.3, -0.25) is 4.79 Å². The number of carbonyl (C=O) groups is 1. The molecule has 1 fully saturated rings. The third kappa shape index (κ3) is 3.60. The minimum atomic E-state index is 0.0656. The number of hydrogen-bond acceptors (Lipinski definition) is 4. The molecule has 5 heteroatoms. The molecule has 0 aromatic carbocycles. The zero-order chi connectivity index (χ0) is 14.5. The highest BCUT2D eigenvalue weighted by atomic mass is 32.1. The number of nitrogens with two attached hydrogens (primary N) is 1. The topological polar surface area (TPSA) is 49.6 Å². The van der Waals surface area contributed by atoms with Gasteiger partial charge in [0.15, 0.2) is 0 Å². The predicted molar refractivity (Wildman–Crippen MR) is 82.8 cm³/mol. The number of thiophene rings is 1. The summed E-state index contributed by atoms with van der Waals surface area (Å²) >= 11 is 1.45. The maximum atomic E-state index is 12.5. The minimum Gasteiger partial charge on any atom is -0.341 e. The second-order valence-electron chi connectivity index (χ2n) is 5.27. The van der Waals surface area contributed by atoms with E-state index in [0.717, 1.165) is 30.1 Å². The van der Waals surface area contributed by atoms with Crippen molar-refractivity contribution in [2.75, 3.05) is 40.3 Å². The lowest BCUT2D eigenvalue weighted by atomic mass is 10.1. The summed E-state index contributed by atoms with van der Waals surface area (Å²) in [7, 11) is 4.00. The third-order valence-electron chi connectivity index (χ3n) is 3.55. The molecule has 0 bridgehead atoms. The fourth-order valence-electron chi connectivity index (χ4n) is 2.54. The van der Waals surface area contributed by atoms with Crippen molar-refractivity contribution >= 4 is 17.2 Å². The van der Waals surface area contributed by atoms with Gasteiger partial charge in [-0.15, -0.1) is 11.3 Å². The summed E-state index contributed by atoms with van der Waals surface area (Å²) in [5.41, 5.74) is 6.18. The first kappa shape index (κ1) is 15.0. The number of carbonyl (C=O) groups excluding carboxylic acids is 1. The summed E-state index contributed by atoms with van der Waals surface area (Å²) in [5.74, 6) is 6.42. The van der Waals surface area contributed by atoms with E-state index in [4.69, 9.17) is 5.73 Å². The molecule has 0 aliphatic carbocycles. The summed E-state index contributed by atoms with van der Waals surface area (Å²) in [6.45, 7) is 3.32. The summed E-state index contributed by atoms with van der Waals surface area (Å²) in [6.07, 6.45) is 1.17. The van der Waals surface area contributed by atoms with Gasteiger partial charge < -0.3 is 15.5 Å². The second-order valence-corrected chi connectivity index (χ2v) is 6.19. The molecule has 1 atom stereocenters. The zero-order valence-corrected chi connectivity index (χ0v) is 12.9. The first-order chi connectivity index (χ1) is 9.61. The van der Waals surface area contributed by atoms with Gasteiger partial charge >= 0.3 is 0 Å². The Morgan fingerprint density at radius 1 is 1.65 bits per heavy atom. The van der Waals surface area contributed by atoms with Crippen LogP contribution in [0.2, 0.25) is 0 Å². The highest BCUT2D eigenvalue weighted by Crippen LogP contribution is 2.20. The van der Waals surface area contributed by atoms with Crippen LogP contribution in [-0.4, -0.2) is 56.0 Å². The van der Waals surface area contributed by atoms with Gasteiger partial charge in [0.1, 0.15) is 4.88 Å². The van der Waals surface area contributed by atoms with Gasteiger partial charge in [0, 0.05) is 25.7 Å². The monoisotopic (exact) mass is 291 g/mol. The van der Waals surface area contributed by atoms with Crippen molar-refractivity contribution < 1.29 is 4.79 Å². The van der Waals surface area contributed by atoms with E-state index < -0.39 is 0 Å². The van der Waals surface area contributed by atoms with Crippen molar-refractivity contribution in [3.63, 3.8) is 0 Å². The molecule has 108 valence electrons. The number of likely N-dealkylation sites (tertiary alicyclic amines) is 1. The minimum absolute atomic E-state index is 0.0656. The largest absolute Gasteiger partial charge is 0.341 e. The standard InChI is InChI=1S/C15H21N3OS/c1-17-8-5-12(10-17)11-18(2)15(19)14-13(4-3-7-16)6-9-20-14/h6,9,12H,5,7-8,10-11,16H2,1-2H3. The number of rotatable bonds is 3. The van der Waals surface area contributed by atoms with E-state index in [9.17, 15) is 4.79 Å². The van der Waals surface area contributed by atoms with Gasteiger partial charge in [-0.25, -0.2) is 0 Å². The van der Waals surface area contributed by atoms with Gasteiger partial charge in [-0.05, 0) is 37.4 Å². The average molecular weight is 291 g/mol. The molecule has 2 heterocycles. The molecular formula is C15H21N3OS. The molecule has 0 radical (unpaired) electrons. The maximum Gasteiger partial charge on any atom is 0.264 e. The normalized spacial score (nSPS) is 18.6. The van der Waals surface area contributed by atoms with E-state index in [0.29, 0.717) is 12.5 Å². The summed E-state index contributed by atoms with van der Waals surface area (Å²) in [6, 6.07) is 1.89. The molecule has 1 unspecified atom stereocenters. The van der Waals surface area contributed by atoms with Gasteiger partial charge in [0.2, 0.25) is 0 Å². The highest BCUT2D eigenvalue weighted by Gasteiger charge is 2.24. The van der Waals surface area contributed by atoms with Crippen molar-refractivity contribution in [3.8, 4) is 11.8 Å². The van der Waals surface area contributed by atoms with Crippen molar-refractivity contribution in [2.45, 2.75) is 6.42 Å². The van der Waals surface area contributed by atoms with Crippen LogP contribution in [0, 0.1) is 17.8 Å². The summed E-state index contributed by atoms with van der Waals surface area (Å²) < 4.78 is 0. The lowest BCUT2D eigenvalue weighted by molar-refractivity contribution is 0.0778. The Morgan fingerprint density at radius 3 is 3.10 bits per heavy atom.